The molecule has 1 amide bonds. The molecule has 1 aromatic heterocycles. The number of carbonyl (C=O) groups excluding carboxylic acids is 1. The molecule has 7 heteroatoms. The predicted molar refractivity (Wildman–Crippen MR) is 103 cm³/mol. The summed E-state index contributed by atoms with van der Waals surface area (Å²) in [6.07, 6.45) is 6.49. The topological polar surface area (TPSA) is 89.1 Å². The quantitative estimate of drug-likeness (QED) is 0.783. The summed E-state index contributed by atoms with van der Waals surface area (Å²) in [4.78, 5) is 15.0. The van der Waals surface area contributed by atoms with Gasteiger partial charge in [-0.15, -0.1) is 5.10 Å². The number of fused-ring (bicyclic) bond motifs is 3. The van der Waals surface area contributed by atoms with Crippen molar-refractivity contribution in [2.24, 2.45) is 11.8 Å². The molecule has 4 heterocycles. The maximum Gasteiger partial charge on any atom is 0.224 e. The third-order valence-electron chi connectivity index (χ3n) is 6.26. The Hall–Kier alpha value is -2.41. The molecule has 3 aliphatic heterocycles. The average molecular weight is 366 g/mol. The van der Waals surface area contributed by atoms with Crippen molar-refractivity contribution in [1.29, 1.82) is 0 Å². The normalized spacial score (nSPS) is 29.6. The Balaban J connectivity index is 1.24. The zero-order valence-corrected chi connectivity index (χ0v) is 15.4. The van der Waals surface area contributed by atoms with Crippen molar-refractivity contribution in [1.82, 2.24) is 25.2 Å². The second kappa shape index (κ2) is 6.64. The first kappa shape index (κ1) is 16.7. The summed E-state index contributed by atoms with van der Waals surface area (Å²) in [6.45, 7) is 2.78. The lowest BCUT2D eigenvalue weighted by molar-refractivity contribution is -0.133. The van der Waals surface area contributed by atoms with Gasteiger partial charge in [0, 0.05) is 29.9 Å². The fraction of sp³-hybridized carbons (Fsp3) is 0.550. The van der Waals surface area contributed by atoms with E-state index in [2.05, 4.69) is 20.5 Å². The van der Waals surface area contributed by atoms with Crippen LogP contribution in [0.1, 0.15) is 25.7 Å². The van der Waals surface area contributed by atoms with E-state index in [1.165, 1.54) is 0 Å². The molecule has 1 aliphatic carbocycles. The lowest BCUT2D eigenvalue weighted by Gasteiger charge is -2.49. The monoisotopic (exact) mass is 366 g/mol. The second-order valence-electron chi connectivity index (χ2n) is 8.27. The molecule has 0 spiro atoms. The molecule has 142 valence electrons. The number of nitrogens with one attached hydrogen (secondary N) is 1. The highest BCUT2D eigenvalue weighted by Crippen LogP contribution is 2.37. The first-order valence-electron chi connectivity index (χ1n) is 9.96. The third kappa shape index (κ3) is 3.43. The van der Waals surface area contributed by atoms with Crippen molar-refractivity contribution in [2.75, 3.05) is 18.8 Å². The Labute approximate surface area is 158 Å². The Morgan fingerprint density at radius 2 is 2.19 bits per heavy atom. The van der Waals surface area contributed by atoms with Gasteiger partial charge >= 0.3 is 0 Å². The summed E-state index contributed by atoms with van der Waals surface area (Å²) in [7, 11) is 0. The molecule has 3 N–H and O–H groups in total. The summed E-state index contributed by atoms with van der Waals surface area (Å²) in [5.41, 5.74) is 8.44. The van der Waals surface area contributed by atoms with Crippen LogP contribution in [0.15, 0.2) is 30.5 Å². The van der Waals surface area contributed by atoms with Gasteiger partial charge in [-0.2, -0.15) is 0 Å². The van der Waals surface area contributed by atoms with Crippen LogP contribution in [0.2, 0.25) is 0 Å². The Bertz CT molecular complexity index is 845. The lowest BCUT2D eigenvalue weighted by Crippen LogP contribution is -2.58. The minimum absolute atomic E-state index is 0.161. The molecule has 7 nitrogen and oxygen atoms in total. The van der Waals surface area contributed by atoms with E-state index < -0.39 is 0 Å². The van der Waals surface area contributed by atoms with Crippen molar-refractivity contribution in [2.45, 2.75) is 44.3 Å². The number of amides is 1. The number of anilines is 1. The first-order valence-corrected chi connectivity index (χ1v) is 9.96. The molecule has 2 aromatic rings. The van der Waals surface area contributed by atoms with Crippen LogP contribution >= 0.6 is 0 Å². The maximum atomic E-state index is 12.5. The van der Waals surface area contributed by atoms with Gasteiger partial charge in [0.15, 0.2) is 0 Å². The van der Waals surface area contributed by atoms with E-state index in [0.29, 0.717) is 18.0 Å². The smallest absolute Gasteiger partial charge is 0.224 e. The predicted octanol–water partition coefficient (Wildman–Crippen LogP) is 1.52. The number of nitrogen functional groups attached to an aromatic ring is 1. The molecule has 1 aromatic carbocycles. The molecule has 1 saturated carbocycles. The van der Waals surface area contributed by atoms with Gasteiger partial charge < -0.3 is 11.1 Å². The number of carbonyl (C=O) groups is 1. The maximum absolute atomic E-state index is 12.5. The molecule has 2 bridgehead atoms. The molecule has 4 fully saturated rings. The van der Waals surface area contributed by atoms with E-state index in [9.17, 15) is 4.79 Å². The Morgan fingerprint density at radius 1 is 1.30 bits per heavy atom. The van der Waals surface area contributed by atoms with Crippen molar-refractivity contribution < 1.29 is 4.79 Å². The van der Waals surface area contributed by atoms with Gasteiger partial charge in [0.25, 0.3) is 0 Å². The summed E-state index contributed by atoms with van der Waals surface area (Å²) in [5, 5.41) is 11.8. The van der Waals surface area contributed by atoms with Crippen LogP contribution < -0.4 is 11.1 Å². The van der Waals surface area contributed by atoms with E-state index in [0.717, 1.165) is 62.3 Å². The Morgan fingerprint density at radius 3 is 2.93 bits per heavy atom. The number of hydrogen-bond donors (Lipinski definition) is 2. The van der Waals surface area contributed by atoms with Gasteiger partial charge in [-0.05, 0) is 50.3 Å². The SMILES string of the molecule is Nc1cccc(-c2cn(C[C@H]3C[C@H]4CCN3C[C@@H]4C(=O)NC3CC3)nn2)c1. The minimum Gasteiger partial charge on any atom is -0.399 e. The number of rotatable bonds is 5. The molecule has 0 radical (unpaired) electrons. The van der Waals surface area contributed by atoms with Gasteiger partial charge in [-0.1, -0.05) is 17.3 Å². The molecule has 1 unspecified atom stereocenters. The summed E-state index contributed by atoms with van der Waals surface area (Å²) >= 11 is 0. The number of benzene rings is 1. The summed E-state index contributed by atoms with van der Waals surface area (Å²) in [5.74, 6) is 0.931. The molecular formula is C20H26N6O. The van der Waals surface area contributed by atoms with E-state index in [1.54, 1.807) is 0 Å². The highest BCUT2D eigenvalue weighted by molar-refractivity contribution is 5.80. The van der Waals surface area contributed by atoms with E-state index >= 15 is 0 Å². The lowest BCUT2D eigenvalue weighted by atomic mass is 9.75. The fourth-order valence-corrected chi connectivity index (χ4v) is 4.59. The number of piperidine rings is 3. The van der Waals surface area contributed by atoms with Crippen molar-refractivity contribution in [3.8, 4) is 11.3 Å². The van der Waals surface area contributed by atoms with E-state index in [-0.39, 0.29) is 11.8 Å². The van der Waals surface area contributed by atoms with Gasteiger partial charge in [0.05, 0.1) is 18.7 Å². The van der Waals surface area contributed by atoms with Gasteiger partial charge in [0.1, 0.15) is 5.69 Å². The van der Waals surface area contributed by atoms with Gasteiger partial charge in [-0.25, -0.2) is 0 Å². The number of nitrogens with zero attached hydrogens (tertiary/aromatic N) is 4. The van der Waals surface area contributed by atoms with Gasteiger partial charge in [-0.3, -0.25) is 14.4 Å². The number of hydrogen-bond acceptors (Lipinski definition) is 5. The highest BCUT2D eigenvalue weighted by atomic mass is 16.2. The highest BCUT2D eigenvalue weighted by Gasteiger charge is 2.44. The summed E-state index contributed by atoms with van der Waals surface area (Å²) in [6, 6.07) is 8.61. The standard InChI is InChI=1S/C20H26N6O/c21-15-3-1-2-14(8-15)19-12-26(24-23-19)10-17-9-13-6-7-25(17)11-18(13)20(27)22-16-4-5-16/h1-3,8,12-13,16-18H,4-7,9-11,21H2,(H,22,27)/t13-,17-,18+/m1/s1. The largest absolute Gasteiger partial charge is 0.399 e. The fourth-order valence-electron chi connectivity index (χ4n) is 4.59. The molecule has 3 saturated heterocycles. The molecule has 4 atom stereocenters. The minimum atomic E-state index is 0.161. The van der Waals surface area contributed by atoms with Crippen LogP contribution in [0.25, 0.3) is 11.3 Å². The second-order valence-corrected chi connectivity index (χ2v) is 8.27. The number of aromatic nitrogens is 3. The van der Waals surface area contributed by atoms with E-state index in [1.807, 2.05) is 35.1 Å². The van der Waals surface area contributed by atoms with Crippen molar-refractivity contribution in [3.63, 3.8) is 0 Å². The third-order valence-corrected chi connectivity index (χ3v) is 6.26. The molecule has 4 aliphatic rings. The van der Waals surface area contributed by atoms with Crippen LogP contribution in [0, 0.1) is 11.8 Å². The van der Waals surface area contributed by atoms with E-state index in [4.69, 9.17) is 5.73 Å². The molecular weight excluding hydrogens is 340 g/mol. The summed E-state index contributed by atoms with van der Waals surface area (Å²) < 4.78 is 1.93. The zero-order chi connectivity index (χ0) is 18.4. The Kier molecular flexibility index (Phi) is 4.11. The number of nitrogens with two attached hydrogens (primary N) is 1. The zero-order valence-electron chi connectivity index (χ0n) is 15.4. The average Bonchev–Trinajstić information content (AvgIpc) is 3.37. The van der Waals surface area contributed by atoms with Crippen LogP contribution in [0.4, 0.5) is 5.69 Å². The molecule has 6 rings (SSSR count). The first-order chi connectivity index (χ1) is 13.2. The van der Waals surface area contributed by atoms with Crippen molar-refractivity contribution >= 4 is 11.6 Å². The van der Waals surface area contributed by atoms with Crippen LogP contribution in [-0.4, -0.2) is 51.0 Å². The van der Waals surface area contributed by atoms with Gasteiger partial charge in [0.2, 0.25) is 5.91 Å². The molecule has 27 heavy (non-hydrogen) atoms. The van der Waals surface area contributed by atoms with Crippen LogP contribution in [0.5, 0.6) is 0 Å². The van der Waals surface area contributed by atoms with Crippen LogP contribution in [0.3, 0.4) is 0 Å². The van der Waals surface area contributed by atoms with Crippen LogP contribution in [-0.2, 0) is 11.3 Å². The van der Waals surface area contributed by atoms with Crippen molar-refractivity contribution in [3.05, 3.63) is 30.5 Å².